The van der Waals surface area contributed by atoms with Crippen molar-refractivity contribution in [1.29, 1.82) is 0 Å². The molecule has 25 heavy (non-hydrogen) atoms. The van der Waals surface area contributed by atoms with Crippen molar-refractivity contribution in [3.05, 3.63) is 58.9 Å². The van der Waals surface area contributed by atoms with Crippen LogP contribution in [0.1, 0.15) is 21.5 Å². The van der Waals surface area contributed by atoms with Crippen molar-refractivity contribution >= 4 is 16.8 Å². The van der Waals surface area contributed by atoms with E-state index < -0.39 is 5.82 Å². The molecule has 5 heteroatoms. The SMILES string of the molecule is CN(C)Cc1ccc(-c2[nH]c3cc(F)cc4c3c2CCNC4=O)cc1. The second kappa shape index (κ2) is 6.01. The number of H-pyrrole nitrogens is 1. The highest BCUT2D eigenvalue weighted by Crippen LogP contribution is 2.34. The molecule has 0 spiro atoms. The van der Waals surface area contributed by atoms with E-state index in [9.17, 15) is 9.18 Å². The minimum atomic E-state index is -0.403. The maximum absolute atomic E-state index is 13.9. The van der Waals surface area contributed by atoms with Gasteiger partial charge in [0.25, 0.3) is 5.91 Å². The van der Waals surface area contributed by atoms with E-state index in [2.05, 4.69) is 39.5 Å². The van der Waals surface area contributed by atoms with Gasteiger partial charge in [-0.15, -0.1) is 0 Å². The van der Waals surface area contributed by atoms with Crippen LogP contribution >= 0.6 is 0 Å². The van der Waals surface area contributed by atoms with Crippen molar-refractivity contribution in [3.8, 4) is 11.3 Å². The van der Waals surface area contributed by atoms with Gasteiger partial charge in [-0.1, -0.05) is 24.3 Å². The van der Waals surface area contributed by atoms with Crippen LogP contribution < -0.4 is 5.32 Å². The van der Waals surface area contributed by atoms with Crippen LogP contribution in [0.5, 0.6) is 0 Å². The lowest BCUT2D eigenvalue weighted by molar-refractivity contribution is 0.0957. The van der Waals surface area contributed by atoms with E-state index in [1.165, 1.54) is 17.7 Å². The van der Waals surface area contributed by atoms with Crippen molar-refractivity contribution in [3.63, 3.8) is 0 Å². The molecule has 0 unspecified atom stereocenters. The lowest BCUT2D eigenvalue weighted by Crippen LogP contribution is -2.23. The Morgan fingerprint density at radius 3 is 2.64 bits per heavy atom. The quantitative estimate of drug-likeness (QED) is 0.770. The maximum Gasteiger partial charge on any atom is 0.252 e. The molecule has 0 fully saturated rings. The van der Waals surface area contributed by atoms with Gasteiger partial charge in [0.05, 0.1) is 5.56 Å². The van der Waals surface area contributed by atoms with E-state index in [1.807, 2.05) is 14.1 Å². The van der Waals surface area contributed by atoms with E-state index in [0.29, 0.717) is 17.6 Å². The fraction of sp³-hybridized carbons (Fsp3) is 0.250. The molecule has 0 radical (unpaired) electrons. The number of amides is 1. The predicted molar refractivity (Wildman–Crippen MR) is 97.1 cm³/mol. The summed E-state index contributed by atoms with van der Waals surface area (Å²) in [6, 6.07) is 11.2. The molecule has 2 aromatic carbocycles. The number of rotatable bonds is 3. The molecule has 4 rings (SSSR count). The number of hydrogen-bond acceptors (Lipinski definition) is 2. The summed E-state index contributed by atoms with van der Waals surface area (Å²) in [4.78, 5) is 17.7. The van der Waals surface area contributed by atoms with Crippen LogP contribution in [0.2, 0.25) is 0 Å². The van der Waals surface area contributed by atoms with Gasteiger partial charge in [-0.2, -0.15) is 0 Å². The first kappa shape index (κ1) is 15.8. The molecule has 0 saturated heterocycles. The van der Waals surface area contributed by atoms with Crippen LogP contribution in [-0.4, -0.2) is 36.4 Å². The Labute approximate surface area is 145 Å². The summed E-state index contributed by atoms with van der Waals surface area (Å²) in [6.45, 7) is 1.43. The zero-order valence-electron chi connectivity index (χ0n) is 14.3. The van der Waals surface area contributed by atoms with Gasteiger partial charge in [0.2, 0.25) is 0 Å². The lowest BCUT2D eigenvalue weighted by atomic mass is 9.99. The molecule has 128 valence electrons. The molecular formula is C20H20FN3O. The van der Waals surface area contributed by atoms with Crippen molar-refractivity contribution in [2.75, 3.05) is 20.6 Å². The zero-order chi connectivity index (χ0) is 17.6. The van der Waals surface area contributed by atoms with Gasteiger partial charge in [0, 0.05) is 29.7 Å². The molecule has 2 N–H and O–H groups in total. The van der Waals surface area contributed by atoms with Gasteiger partial charge in [-0.3, -0.25) is 4.79 Å². The predicted octanol–water partition coefficient (Wildman–Crippen LogP) is 3.32. The zero-order valence-corrected chi connectivity index (χ0v) is 14.3. The average Bonchev–Trinajstić information content (AvgIpc) is 2.83. The van der Waals surface area contributed by atoms with Crippen molar-refractivity contribution in [2.24, 2.45) is 0 Å². The van der Waals surface area contributed by atoms with Gasteiger partial charge in [0.15, 0.2) is 0 Å². The molecule has 0 atom stereocenters. The Hall–Kier alpha value is -2.66. The topological polar surface area (TPSA) is 48.1 Å². The summed E-state index contributed by atoms with van der Waals surface area (Å²) in [5, 5.41) is 3.69. The van der Waals surface area contributed by atoms with Crippen LogP contribution in [0.4, 0.5) is 4.39 Å². The minimum Gasteiger partial charge on any atom is -0.354 e. The van der Waals surface area contributed by atoms with Gasteiger partial charge < -0.3 is 15.2 Å². The first-order valence-corrected chi connectivity index (χ1v) is 8.39. The van der Waals surface area contributed by atoms with Crippen LogP contribution in [0, 0.1) is 5.82 Å². The fourth-order valence-electron chi connectivity index (χ4n) is 3.58. The molecule has 1 aliphatic rings. The summed E-state index contributed by atoms with van der Waals surface area (Å²) in [5.74, 6) is -0.615. The normalized spacial score (nSPS) is 14.0. The van der Waals surface area contributed by atoms with Crippen molar-refractivity contribution in [2.45, 2.75) is 13.0 Å². The maximum atomic E-state index is 13.9. The fourth-order valence-corrected chi connectivity index (χ4v) is 3.58. The largest absolute Gasteiger partial charge is 0.354 e. The summed E-state index contributed by atoms with van der Waals surface area (Å²) in [7, 11) is 4.08. The van der Waals surface area contributed by atoms with Crippen molar-refractivity contribution < 1.29 is 9.18 Å². The number of nitrogens with one attached hydrogen (secondary N) is 2. The minimum absolute atomic E-state index is 0.213. The van der Waals surface area contributed by atoms with Crippen LogP contribution in [0.3, 0.4) is 0 Å². The number of carbonyl (C=O) groups excluding carboxylic acids is 1. The third-order valence-corrected chi connectivity index (χ3v) is 4.61. The number of aromatic nitrogens is 1. The Kier molecular flexibility index (Phi) is 3.81. The Bertz CT molecular complexity index is 957. The highest BCUT2D eigenvalue weighted by Gasteiger charge is 2.23. The van der Waals surface area contributed by atoms with Gasteiger partial charge in [-0.25, -0.2) is 4.39 Å². The van der Waals surface area contributed by atoms with Crippen molar-refractivity contribution in [1.82, 2.24) is 15.2 Å². The van der Waals surface area contributed by atoms with Crippen LogP contribution in [-0.2, 0) is 13.0 Å². The third kappa shape index (κ3) is 2.81. The molecule has 1 aromatic heterocycles. The number of halogens is 1. The van der Waals surface area contributed by atoms with Gasteiger partial charge in [-0.05, 0) is 49.3 Å². The summed E-state index contributed by atoms with van der Waals surface area (Å²) in [6.07, 6.45) is 0.721. The third-order valence-electron chi connectivity index (χ3n) is 4.61. The summed E-state index contributed by atoms with van der Waals surface area (Å²) < 4.78 is 13.9. The number of aromatic amines is 1. The van der Waals surface area contributed by atoms with Gasteiger partial charge in [0.1, 0.15) is 5.82 Å². The molecule has 0 bridgehead atoms. The Balaban J connectivity index is 1.86. The first-order chi connectivity index (χ1) is 12.0. The Morgan fingerprint density at radius 2 is 1.92 bits per heavy atom. The standard InChI is InChI=1S/C20H20FN3O/c1-24(2)11-12-3-5-13(6-4-12)19-15-7-8-22-20(25)16-9-14(21)10-17(23-19)18(15)16/h3-6,9-10,23H,7-8,11H2,1-2H3,(H,22,25). The van der Waals surface area contributed by atoms with Crippen LogP contribution in [0.15, 0.2) is 36.4 Å². The van der Waals surface area contributed by atoms with E-state index >= 15 is 0 Å². The van der Waals surface area contributed by atoms with E-state index in [-0.39, 0.29) is 5.91 Å². The van der Waals surface area contributed by atoms with E-state index in [4.69, 9.17) is 0 Å². The van der Waals surface area contributed by atoms with Crippen LogP contribution in [0.25, 0.3) is 22.2 Å². The molecule has 1 aliphatic heterocycles. The molecule has 4 nitrogen and oxygen atoms in total. The Morgan fingerprint density at radius 1 is 1.16 bits per heavy atom. The molecule has 0 aliphatic carbocycles. The van der Waals surface area contributed by atoms with E-state index in [1.54, 1.807) is 0 Å². The number of nitrogens with zero attached hydrogens (tertiary/aromatic N) is 1. The highest BCUT2D eigenvalue weighted by molar-refractivity contribution is 6.10. The van der Waals surface area contributed by atoms with Gasteiger partial charge >= 0.3 is 0 Å². The summed E-state index contributed by atoms with van der Waals surface area (Å²) >= 11 is 0. The second-order valence-electron chi connectivity index (χ2n) is 6.80. The van der Waals surface area contributed by atoms with E-state index in [0.717, 1.165) is 35.2 Å². The monoisotopic (exact) mass is 337 g/mol. The molecule has 1 amide bonds. The highest BCUT2D eigenvalue weighted by atomic mass is 19.1. The first-order valence-electron chi connectivity index (χ1n) is 8.39. The summed E-state index contributed by atoms with van der Waals surface area (Å²) in [5.41, 5.74) is 5.41. The lowest BCUT2D eigenvalue weighted by Gasteiger charge is -2.10. The molecule has 0 saturated carbocycles. The smallest absolute Gasteiger partial charge is 0.252 e. The molecular weight excluding hydrogens is 317 g/mol. The number of benzene rings is 2. The number of hydrogen-bond donors (Lipinski definition) is 2. The molecule has 3 aromatic rings. The second-order valence-corrected chi connectivity index (χ2v) is 6.80. The number of carbonyl (C=O) groups is 1. The molecule has 2 heterocycles. The average molecular weight is 337 g/mol.